The number of allylic oxidation sites excluding steroid dienone is 2. The van der Waals surface area contributed by atoms with Gasteiger partial charge in [0.2, 0.25) is 0 Å². The van der Waals surface area contributed by atoms with E-state index in [1.54, 1.807) is 19.9 Å². The van der Waals surface area contributed by atoms with E-state index in [2.05, 4.69) is 10.6 Å². The van der Waals surface area contributed by atoms with Crippen molar-refractivity contribution < 1.29 is 9.59 Å². The van der Waals surface area contributed by atoms with Crippen molar-refractivity contribution in [2.45, 2.75) is 13.8 Å². The van der Waals surface area contributed by atoms with E-state index in [0.717, 1.165) is 4.90 Å². The molecular weight excluding hydrogens is 170 g/mol. The summed E-state index contributed by atoms with van der Waals surface area (Å²) in [4.78, 5) is 23.5. The molecule has 0 radical (unpaired) electrons. The van der Waals surface area contributed by atoms with E-state index in [1.807, 2.05) is 0 Å². The Hall–Kier alpha value is -1.52. The number of amides is 4. The van der Waals surface area contributed by atoms with Crippen LogP contribution < -0.4 is 10.6 Å². The van der Waals surface area contributed by atoms with Crippen LogP contribution in [-0.4, -0.2) is 31.1 Å². The maximum absolute atomic E-state index is 11.2. The van der Waals surface area contributed by atoms with Gasteiger partial charge in [-0.1, -0.05) is 6.08 Å². The van der Waals surface area contributed by atoms with E-state index >= 15 is 0 Å². The molecule has 0 unspecified atom stereocenters. The second kappa shape index (κ2) is 5.18. The number of carbonyl (C=O) groups is 2. The molecule has 0 heterocycles. The summed E-state index contributed by atoms with van der Waals surface area (Å²) in [5.74, 6) is 0. The minimum atomic E-state index is -0.449. The number of nitrogens with zero attached hydrogens (tertiary/aromatic N) is 1. The van der Waals surface area contributed by atoms with Crippen molar-refractivity contribution in [2.75, 3.05) is 14.1 Å². The Balaban J connectivity index is 4.75. The van der Waals surface area contributed by atoms with E-state index < -0.39 is 12.1 Å². The largest absolute Gasteiger partial charge is 0.340 e. The van der Waals surface area contributed by atoms with Crippen LogP contribution in [0.5, 0.6) is 0 Å². The first kappa shape index (κ1) is 11.5. The lowest BCUT2D eigenvalue weighted by Crippen LogP contribution is -2.45. The van der Waals surface area contributed by atoms with Crippen molar-refractivity contribution >= 4 is 12.1 Å². The Morgan fingerprint density at radius 3 is 1.77 bits per heavy atom. The molecule has 0 spiro atoms. The van der Waals surface area contributed by atoms with Crippen LogP contribution in [-0.2, 0) is 0 Å². The molecule has 13 heavy (non-hydrogen) atoms. The Kier molecular flexibility index (Phi) is 4.58. The standard InChI is InChI=1S/C8H15N3O2/c1-5-6(2)11(7(12)9-3)8(13)10-4/h5H,1-4H3,(H,9,12)(H,10,13)/b6-5+. The number of carbonyl (C=O) groups excluding carboxylic acids is 2. The lowest BCUT2D eigenvalue weighted by atomic mass is 10.4. The third kappa shape index (κ3) is 2.77. The van der Waals surface area contributed by atoms with Gasteiger partial charge in [0.1, 0.15) is 0 Å². The third-order valence-corrected chi connectivity index (χ3v) is 1.60. The number of rotatable bonds is 1. The van der Waals surface area contributed by atoms with Crippen LogP contribution in [0.1, 0.15) is 13.8 Å². The fourth-order valence-corrected chi connectivity index (χ4v) is 0.765. The van der Waals surface area contributed by atoms with Crippen LogP contribution in [0.15, 0.2) is 11.8 Å². The van der Waals surface area contributed by atoms with E-state index in [-0.39, 0.29) is 0 Å². The topological polar surface area (TPSA) is 61.4 Å². The van der Waals surface area contributed by atoms with Gasteiger partial charge < -0.3 is 10.6 Å². The molecule has 0 bridgehead atoms. The molecule has 74 valence electrons. The summed E-state index contributed by atoms with van der Waals surface area (Å²) in [6.07, 6.45) is 1.68. The number of nitrogens with one attached hydrogen (secondary N) is 2. The minimum absolute atomic E-state index is 0.449. The number of urea groups is 2. The van der Waals surface area contributed by atoms with Gasteiger partial charge in [-0.2, -0.15) is 0 Å². The summed E-state index contributed by atoms with van der Waals surface area (Å²) in [6.45, 7) is 3.44. The number of hydrogen-bond acceptors (Lipinski definition) is 2. The molecule has 5 heteroatoms. The van der Waals surface area contributed by atoms with E-state index in [1.165, 1.54) is 14.1 Å². The zero-order chi connectivity index (χ0) is 10.4. The molecule has 0 saturated carbocycles. The Morgan fingerprint density at radius 1 is 1.15 bits per heavy atom. The van der Waals surface area contributed by atoms with Crippen molar-refractivity contribution in [3.63, 3.8) is 0 Å². The fraction of sp³-hybridized carbons (Fsp3) is 0.500. The van der Waals surface area contributed by atoms with Gasteiger partial charge in [0.15, 0.2) is 0 Å². The van der Waals surface area contributed by atoms with Gasteiger partial charge in [0.05, 0.1) is 0 Å². The number of hydrogen-bond donors (Lipinski definition) is 2. The van der Waals surface area contributed by atoms with Gasteiger partial charge in [-0.25, -0.2) is 14.5 Å². The second-order valence-electron chi connectivity index (χ2n) is 2.38. The summed E-state index contributed by atoms with van der Waals surface area (Å²) in [5, 5.41) is 4.76. The smallest absolute Gasteiger partial charge is 0.329 e. The quantitative estimate of drug-likeness (QED) is 0.637. The van der Waals surface area contributed by atoms with Gasteiger partial charge in [-0.15, -0.1) is 0 Å². The van der Waals surface area contributed by atoms with Crippen LogP contribution >= 0.6 is 0 Å². The molecule has 0 rings (SSSR count). The Labute approximate surface area is 77.8 Å². The predicted molar refractivity (Wildman–Crippen MR) is 50.2 cm³/mol. The molecule has 0 aromatic carbocycles. The first-order valence-electron chi connectivity index (χ1n) is 3.95. The first-order chi connectivity index (χ1) is 6.08. The van der Waals surface area contributed by atoms with Crippen molar-refractivity contribution in [1.29, 1.82) is 0 Å². The molecule has 0 saturated heterocycles. The van der Waals surface area contributed by atoms with E-state index in [9.17, 15) is 9.59 Å². The summed E-state index contributed by atoms with van der Waals surface area (Å²) in [7, 11) is 2.95. The summed E-state index contributed by atoms with van der Waals surface area (Å²) in [5.41, 5.74) is 0.582. The Bertz CT molecular complexity index is 220. The molecule has 0 aliphatic heterocycles. The summed E-state index contributed by atoms with van der Waals surface area (Å²) < 4.78 is 0. The van der Waals surface area contributed by atoms with Crippen LogP contribution in [0, 0.1) is 0 Å². The molecule has 0 fully saturated rings. The van der Waals surface area contributed by atoms with Gasteiger partial charge in [0, 0.05) is 19.8 Å². The van der Waals surface area contributed by atoms with Crippen LogP contribution in [0.4, 0.5) is 9.59 Å². The van der Waals surface area contributed by atoms with E-state index in [4.69, 9.17) is 0 Å². The van der Waals surface area contributed by atoms with Gasteiger partial charge in [-0.05, 0) is 13.8 Å². The van der Waals surface area contributed by atoms with Crippen LogP contribution in [0.3, 0.4) is 0 Å². The average Bonchev–Trinajstić information content (AvgIpc) is 2.16. The van der Waals surface area contributed by atoms with Crippen LogP contribution in [0.25, 0.3) is 0 Å². The lowest BCUT2D eigenvalue weighted by Gasteiger charge is -2.19. The monoisotopic (exact) mass is 185 g/mol. The minimum Gasteiger partial charge on any atom is -0.340 e. The highest BCUT2D eigenvalue weighted by atomic mass is 16.2. The van der Waals surface area contributed by atoms with Crippen molar-refractivity contribution in [2.24, 2.45) is 0 Å². The SMILES string of the molecule is C/C=C(\C)N(C(=O)NC)C(=O)NC. The van der Waals surface area contributed by atoms with E-state index in [0.29, 0.717) is 5.70 Å². The fourth-order valence-electron chi connectivity index (χ4n) is 0.765. The van der Waals surface area contributed by atoms with Gasteiger partial charge in [0.25, 0.3) is 0 Å². The lowest BCUT2D eigenvalue weighted by molar-refractivity contribution is 0.199. The Morgan fingerprint density at radius 2 is 1.54 bits per heavy atom. The molecule has 5 nitrogen and oxygen atoms in total. The van der Waals surface area contributed by atoms with Gasteiger partial charge in [-0.3, -0.25) is 0 Å². The highest BCUT2D eigenvalue weighted by Gasteiger charge is 2.19. The summed E-state index contributed by atoms with van der Waals surface area (Å²) in [6, 6.07) is -0.898. The van der Waals surface area contributed by atoms with Gasteiger partial charge >= 0.3 is 12.1 Å². The summed E-state index contributed by atoms with van der Waals surface area (Å²) >= 11 is 0. The highest BCUT2D eigenvalue weighted by Crippen LogP contribution is 2.03. The number of imide groups is 1. The average molecular weight is 185 g/mol. The molecule has 2 N–H and O–H groups in total. The highest BCUT2D eigenvalue weighted by molar-refractivity contribution is 5.95. The second-order valence-corrected chi connectivity index (χ2v) is 2.38. The predicted octanol–water partition coefficient (Wildman–Crippen LogP) is 0.891. The molecule has 0 aromatic rings. The third-order valence-electron chi connectivity index (χ3n) is 1.60. The van der Waals surface area contributed by atoms with Crippen molar-refractivity contribution in [1.82, 2.24) is 15.5 Å². The zero-order valence-corrected chi connectivity index (χ0v) is 8.34. The molecule has 0 aromatic heterocycles. The zero-order valence-electron chi connectivity index (χ0n) is 8.34. The van der Waals surface area contributed by atoms with Crippen LogP contribution in [0.2, 0.25) is 0 Å². The van der Waals surface area contributed by atoms with Crippen molar-refractivity contribution in [3.05, 3.63) is 11.8 Å². The maximum atomic E-state index is 11.2. The molecule has 0 aliphatic carbocycles. The maximum Gasteiger partial charge on any atom is 0.329 e. The molecule has 0 aliphatic rings. The molecule has 0 atom stereocenters. The molecular formula is C8H15N3O2. The molecule has 4 amide bonds. The first-order valence-corrected chi connectivity index (χ1v) is 3.95. The normalized spacial score (nSPS) is 10.6. The van der Waals surface area contributed by atoms with Crippen molar-refractivity contribution in [3.8, 4) is 0 Å².